The highest BCUT2D eigenvalue weighted by molar-refractivity contribution is 6.58. The first-order chi connectivity index (χ1) is 9.38. The number of aromatic nitrogens is 2. The van der Waals surface area contributed by atoms with Crippen LogP contribution in [0.1, 0.15) is 17.1 Å². The first kappa shape index (κ1) is 14.4. The normalized spacial score (nSPS) is 10.7. The molecule has 1 aromatic carbocycles. The standard InChI is InChI=1S/C13H14BFN2O3/c1-8-5-13(18)17(9(2)16-8)7-10-3-4-11(14(19)20)6-12(10)15/h3-6,19-20H,7H2,1-2H3. The van der Waals surface area contributed by atoms with Crippen molar-refractivity contribution < 1.29 is 14.4 Å². The topological polar surface area (TPSA) is 75.4 Å². The predicted octanol–water partition coefficient (Wildman–Crippen LogP) is -0.273. The fourth-order valence-corrected chi connectivity index (χ4v) is 1.98. The lowest BCUT2D eigenvalue weighted by Gasteiger charge is -2.11. The van der Waals surface area contributed by atoms with E-state index in [4.69, 9.17) is 10.0 Å². The van der Waals surface area contributed by atoms with Crippen molar-refractivity contribution in [1.82, 2.24) is 9.55 Å². The van der Waals surface area contributed by atoms with Crippen LogP contribution >= 0.6 is 0 Å². The van der Waals surface area contributed by atoms with Crippen LogP contribution in [0.25, 0.3) is 0 Å². The predicted molar refractivity (Wildman–Crippen MR) is 73.3 cm³/mol. The minimum atomic E-state index is -1.72. The number of nitrogens with zero attached hydrogens (tertiary/aromatic N) is 2. The Morgan fingerprint density at radius 3 is 2.55 bits per heavy atom. The van der Waals surface area contributed by atoms with E-state index in [2.05, 4.69) is 4.98 Å². The van der Waals surface area contributed by atoms with E-state index in [9.17, 15) is 9.18 Å². The summed E-state index contributed by atoms with van der Waals surface area (Å²) in [5, 5.41) is 17.9. The van der Waals surface area contributed by atoms with Crippen molar-refractivity contribution in [1.29, 1.82) is 0 Å². The zero-order valence-corrected chi connectivity index (χ0v) is 11.2. The molecule has 2 aromatic rings. The number of benzene rings is 1. The fourth-order valence-electron chi connectivity index (χ4n) is 1.98. The molecular formula is C13H14BFN2O3. The lowest BCUT2D eigenvalue weighted by Crippen LogP contribution is -2.30. The number of hydrogen-bond acceptors (Lipinski definition) is 4. The zero-order chi connectivity index (χ0) is 14.9. The molecule has 0 aliphatic heterocycles. The third-order valence-electron chi connectivity index (χ3n) is 3.03. The van der Waals surface area contributed by atoms with Gasteiger partial charge in [0.15, 0.2) is 0 Å². The van der Waals surface area contributed by atoms with Crippen LogP contribution in [-0.4, -0.2) is 26.7 Å². The van der Waals surface area contributed by atoms with Crippen molar-refractivity contribution in [3.8, 4) is 0 Å². The van der Waals surface area contributed by atoms with Crippen LogP contribution in [0.2, 0.25) is 0 Å². The molecule has 0 saturated heterocycles. The Morgan fingerprint density at radius 1 is 1.30 bits per heavy atom. The Kier molecular flexibility index (Phi) is 4.01. The SMILES string of the molecule is Cc1cc(=O)n(Cc2ccc(B(O)O)cc2F)c(C)n1. The lowest BCUT2D eigenvalue weighted by atomic mass is 9.80. The van der Waals surface area contributed by atoms with E-state index in [0.717, 1.165) is 6.07 Å². The Bertz CT molecular complexity index is 701. The average Bonchev–Trinajstić information content (AvgIpc) is 2.34. The molecule has 0 aliphatic rings. The van der Waals surface area contributed by atoms with Crippen LogP contribution in [0.15, 0.2) is 29.1 Å². The zero-order valence-electron chi connectivity index (χ0n) is 11.2. The number of rotatable bonds is 3. The molecule has 0 fully saturated rings. The van der Waals surface area contributed by atoms with Gasteiger partial charge in [0, 0.05) is 17.3 Å². The summed E-state index contributed by atoms with van der Waals surface area (Å²) in [7, 11) is -1.72. The highest BCUT2D eigenvalue weighted by atomic mass is 19.1. The molecule has 5 nitrogen and oxygen atoms in total. The third kappa shape index (κ3) is 2.94. The quantitative estimate of drug-likeness (QED) is 0.756. The van der Waals surface area contributed by atoms with E-state index in [0.29, 0.717) is 11.5 Å². The lowest BCUT2D eigenvalue weighted by molar-refractivity contribution is 0.425. The molecule has 0 aliphatic carbocycles. The Balaban J connectivity index is 2.38. The summed E-state index contributed by atoms with van der Waals surface area (Å²) in [6.45, 7) is 3.44. The average molecular weight is 276 g/mol. The van der Waals surface area contributed by atoms with Gasteiger partial charge in [0.2, 0.25) is 0 Å². The number of hydrogen-bond donors (Lipinski definition) is 2. The van der Waals surface area contributed by atoms with Gasteiger partial charge in [0.25, 0.3) is 5.56 Å². The van der Waals surface area contributed by atoms with Crippen LogP contribution in [-0.2, 0) is 6.54 Å². The van der Waals surface area contributed by atoms with Gasteiger partial charge in [-0.2, -0.15) is 0 Å². The van der Waals surface area contributed by atoms with Crippen LogP contribution in [0.5, 0.6) is 0 Å². The van der Waals surface area contributed by atoms with Crippen molar-refractivity contribution in [2.75, 3.05) is 0 Å². The summed E-state index contributed by atoms with van der Waals surface area (Å²) in [5.74, 6) is -0.0943. The van der Waals surface area contributed by atoms with Gasteiger partial charge in [-0.25, -0.2) is 9.37 Å². The molecule has 0 spiro atoms. The van der Waals surface area contributed by atoms with Gasteiger partial charge in [-0.05, 0) is 25.4 Å². The molecule has 2 N–H and O–H groups in total. The second-order valence-corrected chi connectivity index (χ2v) is 4.59. The van der Waals surface area contributed by atoms with Crippen molar-refractivity contribution in [2.45, 2.75) is 20.4 Å². The Hall–Kier alpha value is -1.99. The Morgan fingerprint density at radius 2 is 2.00 bits per heavy atom. The maximum absolute atomic E-state index is 13.9. The highest BCUT2D eigenvalue weighted by Crippen LogP contribution is 2.08. The molecule has 0 bridgehead atoms. The summed E-state index contributed by atoms with van der Waals surface area (Å²) in [5.41, 5.74) is 0.714. The smallest absolute Gasteiger partial charge is 0.423 e. The monoisotopic (exact) mass is 276 g/mol. The van der Waals surface area contributed by atoms with Crippen molar-refractivity contribution in [3.05, 3.63) is 57.5 Å². The van der Waals surface area contributed by atoms with Gasteiger partial charge in [0.05, 0.1) is 6.54 Å². The van der Waals surface area contributed by atoms with Gasteiger partial charge in [0.1, 0.15) is 11.6 Å². The molecule has 0 atom stereocenters. The minimum absolute atomic E-state index is 0.0472. The van der Waals surface area contributed by atoms with E-state index >= 15 is 0 Å². The molecule has 104 valence electrons. The van der Waals surface area contributed by atoms with E-state index in [-0.39, 0.29) is 23.1 Å². The van der Waals surface area contributed by atoms with Gasteiger partial charge >= 0.3 is 7.12 Å². The molecule has 0 unspecified atom stereocenters. The summed E-state index contributed by atoms with van der Waals surface area (Å²) in [6, 6.07) is 5.26. The third-order valence-corrected chi connectivity index (χ3v) is 3.03. The maximum atomic E-state index is 13.9. The number of halogens is 1. The molecule has 1 heterocycles. The van der Waals surface area contributed by atoms with E-state index in [1.807, 2.05) is 0 Å². The van der Waals surface area contributed by atoms with Crippen LogP contribution in [0.4, 0.5) is 4.39 Å². The van der Waals surface area contributed by atoms with Gasteiger partial charge < -0.3 is 10.0 Å². The Labute approximate surface area is 115 Å². The molecule has 0 radical (unpaired) electrons. The second-order valence-electron chi connectivity index (χ2n) is 4.59. The van der Waals surface area contributed by atoms with Crippen LogP contribution in [0, 0.1) is 19.7 Å². The summed E-state index contributed by atoms with van der Waals surface area (Å²) < 4.78 is 15.2. The molecule has 20 heavy (non-hydrogen) atoms. The number of aryl methyl sites for hydroxylation is 2. The van der Waals surface area contributed by atoms with Crippen LogP contribution < -0.4 is 11.0 Å². The molecule has 7 heteroatoms. The van der Waals surface area contributed by atoms with Gasteiger partial charge in [-0.15, -0.1) is 0 Å². The fraction of sp³-hybridized carbons (Fsp3) is 0.231. The first-order valence-electron chi connectivity index (χ1n) is 6.08. The summed E-state index contributed by atoms with van der Waals surface area (Å²) in [6.07, 6.45) is 0. The maximum Gasteiger partial charge on any atom is 0.488 e. The molecule has 1 aromatic heterocycles. The summed E-state index contributed by atoms with van der Waals surface area (Å²) in [4.78, 5) is 16.0. The van der Waals surface area contributed by atoms with E-state index in [1.54, 1.807) is 13.8 Å². The van der Waals surface area contributed by atoms with Crippen LogP contribution in [0.3, 0.4) is 0 Å². The second kappa shape index (κ2) is 5.56. The molecular weight excluding hydrogens is 262 g/mol. The molecule has 2 rings (SSSR count). The van der Waals surface area contributed by atoms with Crippen molar-refractivity contribution in [3.63, 3.8) is 0 Å². The van der Waals surface area contributed by atoms with Crippen molar-refractivity contribution >= 4 is 12.6 Å². The van der Waals surface area contributed by atoms with Gasteiger partial charge in [-0.1, -0.05) is 12.1 Å². The largest absolute Gasteiger partial charge is 0.488 e. The first-order valence-corrected chi connectivity index (χ1v) is 6.08. The van der Waals surface area contributed by atoms with E-state index in [1.165, 1.54) is 22.8 Å². The van der Waals surface area contributed by atoms with Crippen molar-refractivity contribution in [2.24, 2.45) is 0 Å². The molecule has 0 amide bonds. The van der Waals surface area contributed by atoms with Gasteiger partial charge in [-0.3, -0.25) is 9.36 Å². The minimum Gasteiger partial charge on any atom is -0.423 e. The summed E-state index contributed by atoms with van der Waals surface area (Å²) >= 11 is 0. The van der Waals surface area contributed by atoms with E-state index < -0.39 is 12.9 Å². The highest BCUT2D eigenvalue weighted by Gasteiger charge is 2.14. The molecule has 0 saturated carbocycles.